The summed E-state index contributed by atoms with van der Waals surface area (Å²) in [7, 11) is 0. The van der Waals surface area contributed by atoms with E-state index in [1.807, 2.05) is 37.3 Å². The predicted octanol–water partition coefficient (Wildman–Crippen LogP) is 5.13. The molecule has 0 amide bonds. The summed E-state index contributed by atoms with van der Waals surface area (Å²) in [6.07, 6.45) is 4.49. The van der Waals surface area contributed by atoms with Crippen LogP contribution in [-0.4, -0.2) is 37.7 Å². The van der Waals surface area contributed by atoms with Gasteiger partial charge in [0.05, 0.1) is 21.5 Å². The minimum absolute atomic E-state index is 0.218. The smallest absolute Gasteiger partial charge is 0.225 e. The number of aryl methyl sites for hydroxylation is 1. The van der Waals surface area contributed by atoms with Gasteiger partial charge in [0.2, 0.25) is 5.95 Å². The molecule has 1 fully saturated rings. The Kier molecular flexibility index (Phi) is 6.43. The van der Waals surface area contributed by atoms with Crippen LogP contribution < -0.4 is 10.6 Å². The molecule has 0 aliphatic heterocycles. The lowest BCUT2D eigenvalue weighted by molar-refractivity contribution is 0.191. The van der Waals surface area contributed by atoms with Gasteiger partial charge < -0.3 is 15.7 Å². The Morgan fingerprint density at radius 2 is 1.82 bits per heavy atom. The van der Waals surface area contributed by atoms with E-state index in [1.54, 1.807) is 23.7 Å². The molecule has 8 heteroatoms. The molecule has 0 spiro atoms. The van der Waals surface area contributed by atoms with Crippen molar-refractivity contribution in [2.45, 2.75) is 39.8 Å². The number of anilines is 2. The van der Waals surface area contributed by atoms with Crippen molar-refractivity contribution in [1.82, 2.24) is 19.9 Å². The summed E-state index contributed by atoms with van der Waals surface area (Å²) < 4.78 is 1.14. The third-order valence-electron chi connectivity index (χ3n) is 7.12. The summed E-state index contributed by atoms with van der Waals surface area (Å²) in [4.78, 5) is 18.7. The number of hydrogen-bond acceptors (Lipinski definition) is 8. The predicted molar refractivity (Wildman–Crippen MR) is 138 cm³/mol. The molecule has 3 N–H and O–H groups in total. The summed E-state index contributed by atoms with van der Waals surface area (Å²) in [5.74, 6) is 2.54. The van der Waals surface area contributed by atoms with E-state index in [1.165, 1.54) is 0 Å². The number of hydrogen-bond donors (Lipinski definition) is 3. The molecule has 4 unspecified atom stereocenters. The SMILES string of the molecule is Cc1nc(NCc2ccncc2)nc(NC2CC(CO)C(C)C2C)c1-c1nc2ccccc2s1. The number of nitrogens with zero attached hydrogens (tertiary/aromatic N) is 4. The minimum Gasteiger partial charge on any atom is -0.396 e. The summed E-state index contributed by atoms with van der Waals surface area (Å²) in [5, 5.41) is 17.9. The highest BCUT2D eigenvalue weighted by molar-refractivity contribution is 7.21. The molecular weight excluding hydrogens is 444 g/mol. The molecule has 0 radical (unpaired) electrons. The molecule has 0 bridgehead atoms. The first-order valence-electron chi connectivity index (χ1n) is 11.8. The van der Waals surface area contributed by atoms with Crippen LogP contribution in [0.1, 0.15) is 31.5 Å². The Hall–Kier alpha value is -3.10. The number of fused-ring (bicyclic) bond motifs is 1. The zero-order valence-electron chi connectivity index (χ0n) is 19.7. The van der Waals surface area contributed by atoms with E-state index < -0.39 is 0 Å². The fraction of sp³-hybridized carbons (Fsp3) is 0.385. The van der Waals surface area contributed by atoms with Crippen LogP contribution in [0.15, 0.2) is 48.8 Å². The van der Waals surface area contributed by atoms with Gasteiger partial charge in [-0.25, -0.2) is 9.97 Å². The van der Waals surface area contributed by atoms with Crippen LogP contribution in [0.5, 0.6) is 0 Å². The van der Waals surface area contributed by atoms with Gasteiger partial charge in [0.25, 0.3) is 0 Å². The number of para-hydroxylation sites is 1. The Morgan fingerprint density at radius 1 is 1.03 bits per heavy atom. The molecule has 7 nitrogen and oxygen atoms in total. The maximum absolute atomic E-state index is 9.84. The Labute approximate surface area is 203 Å². The van der Waals surface area contributed by atoms with Crippen molar-refractivity contribution >= 4 is 33.3 Å². The Bertz CT molecular complexity index is 1240. The first kappa shape index (κ1) is 22.7. The number of benzene rings is 1. The third-order valence-corrected chi connectivity index (χ3v) is 8.17. The van der Waals surface area contributed by atoms with E-state index in [0.29, 0.717) is 30.2 Å². The van der Waals surface area contributed by atoms with Gasteiger partial charge in [0.1, 0.15) is 10.8 Å². The fourth-order valence-electron chi connectivity index (χ4n) is 4.83. The van der Waals surface area contributed by atoms with Crippen LogP contribution in [0, 0.1) is 24.7 Å². The molecule has 4 atom stereocenters. The van der Waals surface area contributed by atoms with E-state index in [4.69, 9.17) is 15.0 Å². The van der Waals surface area contributed by atoms with Crippen molar-refractivity contribution in [3.63, 3.8) is 0 Å². The van der Waals surface area contributed by atoms with Gasteiger partial charge in [0.15, 0.2) is 0 Å². The summed E-state index contributed by atoms with van der Waals surface area (Å²) in [6, 6.07) is 12.4. The van der Waals surface area contributed by atoms with E-state index >= 15 is 0 Å². The monoisotopic (exact) mass is 474 g/mol. The van der Waals surface area contributed by atoms with E-state index in [9.17, 15) is 5.11 Å². The molecule has 34 heavy (non-hydrogen) atoms. The molecule has 4 aromatic rings. The molecule has 1 aliphatic carbocycles. The zero-order valence-corrected chi connectivity index (χ0v) is 20.5. The molecule has 1 aromatic carbocycles. The number of thiazole rings is 1. The van der Waals surface area contributed by atoms with Crippen LogP contribution in [0.4, 0.5) is 11.8 Å². The molecule has 3 heterocycles. The maximum atomic E-state index is 9.84. The Morgan fingerprint density at radius 3 is 2.56 bits per heavy atom. The summed E-state index contributed by atoms with van der Waals surface area (Å²) in [5.41, 5.74) is 3.93. The topological polar surface area (TPSA) is 95.9 Å². The minimum atomic E-state index is 0.218. The van der Waals surface area contributed by atoms with Crippen LogP contribution in [0.3, 0.4) is 0 Å². The highest BCUT2D eigenvalue weighted by Crippen LogP contribution is 2.41. The van der Waals surface area contributed by atoms with Crippen molar-refractivity contribution in [1.29, 1.82) is 0 Å². The van der Waals surface area contributed by atoms with Gasteiger partial charge in [-0.2, -0.15) is 4.98 Å². The summed E-state index contributed by atoms with van der Waals surface area (Å²) in [6.45, 7) is 7.34. The van der Waals surface area contributed by atoms with E-state index in [-0.39, 0.29) is 12.6 Å². The average Bonchev–Trinajstić information content (AvgIpc) is 3.39. The van der Waals surface area contributed by atoms with Crippen LogP contribution in [-0.2, 0) is 6.54 Å². The van der Waals surface area contributed by atoms with Gasteiger partial charge in [-0.05, 0) is 60.9 Å². The van der Waals surface area contributed by atoms with E-state index in [0.717, 1.165) is 44.3 Å². The van der Waals surface area contributed by atoms with Crippen LogP contribution in [0.2, 0.25) is 0 Å². The lowest BCUT2D eigenvalue weighted by Gasteiger charge is -2.22. The van der Waals surface area contributed by atoms with Crippen molar-refractivity contribution in [3.05, 3.63) is 60.0 Å². The molecular formula is C26H30N6OS. The molecule has 5 rings (SSSR count). The number of nitrogens with one attached hydrogen (secondary N) is 2. The van der Waals surface area contributed by atoms with E-state index in [2.05, 4.69) is 35.5 Å². The number of rotatable bonds is 7. The second-order valence-electron chi connectivity index (χ2n) is 9.20. The van der Waals surface area contributed by atoms with Gasteiger partial charge >= 0.3 is 0 Å². The second kappa shape index (κ2) is 9.64. The maximum Gasteiger partial charge on any atom is 0.225 e. The molecule has 0 saturated heterocycles. The zero-order chi connectivity index (χ0) is 23.7. The van der Waals surface area contributed by atoms with Crippen molar-refractivity contribution in [3.8, 4) is 10.6 Å². The molecule has 1 aliphatic rings. The highest BCUT2D eigenvalue weighted by atomic mass is 32.1. The van der Waals surface area contributed by atoms with Crippen LogP contribution in [0.25, 0.3) is 20.8 Å². The van der Waals surface area contributed by atoms with Gasteiger partial charge in [-0.3, -0.25) is 4.98 Å². The lowest BCUT2D eigenvalue weighted by Crippen LogP contribution is -2.25. The van der Waals surface area contributed by atoms with Crippen molar-refractivity contribution in [2.75, 3.05) is 17.2 Å². The number of aromatic nitrogens is 4. The summed E-state index contributed by atoms with van der Waals surface area (Å²) >= 11 is 1.66. The first-order chi connectivity index (χ1) is 16.5. The highest BCUT2D eigenvalue weighted by Gasteiger charge is 2.38. The largest absolute Gasteiger partial charge is 0.396 e. The number of pyridine rings is 1. The first-order valence-corrected chi connectivity index (χ1v) is 12.6. The van der Waals surface area contributed by atoms with Crippen molar-refractivity contribution < 1.29 is 5.11 Å². The second-order valence-corrected chi connectivity index (χ2v) is 10.2. The molecule has 3 aromatic heterocycles. The Balaban J connectivity index is 1.51. The number of aliphatic hydroxyl groups excluding tert-OH is 1. The quantitative estimate of drug-likeness (QED) is 0.341. The number of aliphatic hydroxyl groups is 1. The molecule has 1 saturated carbocycles. The van der Waals surface area contributed by atoms with Crippen LogP contribution >= 0.6 is 11.3 Å². The van der Waals surface area contributed by atoms with Gasteiger partial charge in [-0.1, -0.05) is 26.0 Å². The fourth-order valence-corrected chi connectivity index (χ4v) is 5.89. The average molecular weight is 475 g/mol. The normalized spacial score (nSPS) is 22.2. The lowest BCUT2D eigenvalue weighted by atomic mass is 9.92. The van der Waals surface area contributed by atoms with Crippen molar-refractivity contribution in [2.24, 2.45) is 17.8 Å². The third kappa shape index (κ3) is 4.48. The standard InChI is InChI=1S/C26H30N6OS/c1-15-16(2)21(12-19(15)14-33)30-24-23(25-31-20-6-4-5-7-22(20)34-25)17(3)29-26(32-24)28-13-18-8-10-27-11-9-18/h4-11,15-16,19,21,33H,12-14H2,1-3H3,(H2,28,29,30,32). The van der Waals surface area contributed by atoms with Gasteiger partial charge in [-0.15, -0.1) is 11.3 Å². The molecule has 176 valence electrons. The van der Waals surface area contributed by atoms with Gasteiger partial charge in [0, 0.05) is 31.6 Å².